The molecule has 2 N–H and O–H groups in total. The van der Waals surface area contributed by atoms with E-state index in [-0.39, 0.29) is 6.23 Å². The molecule has 0 aromatic heterocycles. The highest BCUT2D eigenvalue weighted by Gasteiger charge is 2.59. The van der Waals surface area contributed by atoms with Gasteiger partial charge >= 0.3 is 0 Å². The molecule has 28 heavy (non-hydrogen) atoms. The number of aliphatic hydroxyl groups excluding tert-OH is 1. The van der Waals surface area contributed by atoms with E-state index in [1.54, 1.807) is 5.57 Å². The summed E-state index contributed by atoms with van der Waals surface area (Å²) in [5.74, 6) is 3.52. The quantitative estimate of drug-likeness (QED) is 0.544. The minimum Gasteiger partial charge on any atom is -0.379 e. The number of nitrogens with one attached hydrogen (secondary N) is 1. The Labute approximate surface area is 173 Å². The summed E-state index contributed by atoms with van der Waals surface area (Å²) in [5, 5.41) is 13.7. The Kier molecular flexibility index (Phi) is 5.77. The van der Waals surface area contributed by atoms with Crippen molar-refractivity contribution in [2.45, 2.75) is 118 Å². The van der Waals surface area contributed by atoms with E-state index in [0.717, 1.165) is 30.1 Å². The third-order valence-corrected chi connectivity index (χ3v) is 9.85. The van der Waals surface area contributed by atoms with Crippen LogP contribution in [-0.2, 0) is 0 Å². The fourth-order valence-electron chi connectivity index (χ4n) is 8.29. The first-order valence-corrected chi connectivity index (χ1v) is 12.4. The highest BCUT2D eigenvalue weighted by molar-refractivity contribution is 5.28. The molecule has 3 saturated carbocycles. The summed E-state index contributed by atoms with van der Waals surface area (Å²) in [6.07, 6.45) is 14.2. The van der Waals surface area contributed by atoms with Crippen LogP contribution in [0.25, 0.3) is 0 Å². The first-order valence-electron chi connectivity index (χ1n) is 12.4. The van der Waals surface area contributed by atoms with Crippen LogP contribution in [0.3, 0.4) is 0 Å². The van der Waals surface area contributed by atoms with Gasteiger partial charge < -0.3 is 5.11 Å². The van der Waals surface area contributed by atoms with Crippen LogP contribution in [0.5, 0.6) is 0 Å². The minimum absolute atomic E-state index is 0.266. The molecule has 4 aliphatic rings. The average Bonchev–Trinajstić information content (AvgIpc) is 2.99. The van der Waals surface area contributed by atoms with E-state index in [9.17, 15) is 5.11 Å². The lowest BCUT2D eigenvalue weighted by molar-refractivity contribution is -0.104. The largest absolute Gasteiger partial charge is 0.379 e. The Morgan fingerprint density at radius 2 is 1.86 bits per heavy atom. The molecule has 0 aromatic carbocycles. The van der Waals surface area contributed by atoms with Crippen LogP contribution >= 0.6 is 0 Å². The van der Waals surface area contributed by atoms with Crippen molar-refractivity contribution in [2.24, 2.45) is 34.5 Å². The smallest absolute Gasteiger partial charge is 0.105 e. The second-order valence-electron chi connectivity index (χ2n) is 11.8. The lowest BCUT2D eigenvalue weighted by atomic mass is 9.47. The van der Waals surface area contributed by atoms with E-state index in [2.05, 4.69) is 39.9 Å². The molecule has 5 unspecified atom stereocenters. The van der Waals surface area contributed by atoms with E-state index >= 15 is 0 Å². The lowest BCUT2D eigenvalue weighted by Crippen LogP contribution is -2.61. The Morgan fingerprint density at radius 3 is 2.61 bits per heavy atom. The SMILES string of the molecule is C/C(CCCC(C)C)=C1/CCC2C3CCC4NC(O)CC[C@]4(C)C3CC[C@]12C. The first-order chi connectivity index (χ1) is 13.3. The predicted molar refractivity (Wildman–Crippen MR) is 118 cm³/mol. The summed E-state index contributed by atoms with van der Waals surface area (Å²) in [6, 6.07) is 0.538. The van der Waals surface area contributed by atoms with Crippen LogP contribution in [0.15, 0.2) is 11.1 Å². The molecular formula is C26H45NO. The van der Waals surface area contributed by atoms with Gasteiger partial charge in [0.1, 0.15) is 6.23 Å². The van der Waals surface area contributed by atoms with Crippen molar-refractivity contribution in [1.29, 1.82) is 0 Å². The van der Waals surface area contributed by atoms with Crippen molar-refractivity contribution in [3.8, 4) is 0 Å². The molecule has 1 saturated heterocycles. The van der Waals surface area contributed by atoms with Gasteiger partial charge in [0, 0.05) is 6.04 Å². The molecule has 1 aliphatic heterocycles. The first kappa shape index (κ1) is 20.9. The van der Waals surface area contributed by atoms with Gasteiger partial charge in [0.25, 0.3) is 0 Å². The molecule has 4 rings (SSSR count). The number of hydrogen-bond acceptors (Lipinski definition) is 2. The van der Waals surface area contributed by atoms with Crippen LogP contribution in [0.4, 0.5) is 0 Å². The topological polar surface area (TPSA) is 32.3 Å². The normalized spacial score (nSPS) is 47.5. The standard InChI is InChI=1S/C26H45NO/c1-17(2)7-6-8-18(3)20-10-11-21-19-9-12-23-26(5,16-14-24(28)27-23)22(19)13-15-25(20,21)4/h17,19,21-24,27-28H,6-16H2,1-5H3/b20-18+/t19?,21?,22?,23?,24?,25-,26-/m1/s1. The molecule has 2 nitrogen and oxygen atoms in total. The molecule has 7 atom stereocenters. The van der Waals surface area contributed by atoms with Crippen LogP contribution in [0.2, 0.25) is 0 Å². The Bertz CT molecular complexity index is 610. The van der Waals surface area contributed by atoms with E-state index in [4.69, 9.17) is 0 Å². The van der Waals surface area contributed by atoms with Gasteiger partial charge in [0.05, 0.1) is 0 Å². The maximum atomic E-state index is 10.1. The van der Waals surface area contributed by atoms with Crippen molar-refractivity contribution in [2.75, 3.05) is 0 Å². The monoisotopic (exact) mass is 387 g/mol. The van der Waals surface area contributed by atoms with Crippen molar-refractivity contribution >= 4 is 0 Å². The van der Waals surface area contributed by atoms with Crippen molar-refractivity contribution < 1.29 is 5.11 Å². The highest BCUT2D eigenvalue weighted by atomic mass is 16.3. The molecule has 0 bridgehead atoms. The summed E-state index contributed by atoms with van der Waals surface area (Å²) in [5.41, 5.74) is 4.49. The van der Waals surface area contributed by atoms with E-state index < -0.39 is 0 Å². The van der Waals surface area contributed by atoms with Gasteiger partial charge in [-0.15, -0.1) is 0 Å². The van der Waals surface area contributed by atoms with Crippen LogP contribution < -0.4 is 5.32 Å². The van der Waals surface area contributed by atoms with Gasteiger partial charge in [0.2, 0.25) is 0 Å². The van der Waals surface area contributed by atoms with Crippen molar-refractivity contribution in [3.05, 3.63) is 11.1 Å². The number of fused-ring (bicyclic) bond motifs is 5. The molecule has 0 amide bonds. The summed E-state index contributed by atoms with van der Waals surface area (Å²) < 4.78 is 0. The molecule has 3 aliphatic carbocycles. The second-order valence-corrected chi connectivity index (χ2v) is 11.8. The molecule has 160 valence electrons. The maximum absolute atomic E-state index is 10.1. The molecule has 2 heteroatoms. The highest BCUT2D eigenvalue weighted by Crippen LogP contribution is 2.66. The molecule has 4 fully saturated rings. The maximum Gasteiger partial charge on any atom is 0.105 e. The Hall–Kier alpha value is -0.340. The molecular weight excluding hydrogens is 342 g/mol. The Morgan fingerprint density at radius 1 is 1.07 bits per heavy atom. The third kappa shape index (κ3) is 3.41. The number of allylic oxidation sites excluding steroid dienone is 2. The summed E-state index contributed by atoms with van der Waals surface area (Å²) in [4.78, 5) is 0. The molecule has 0 spiro atoms. The second kappa shape index (κ2) is 7.73. The van der Waals surface area contributed by atoms with E-state index in [1.165, 1.54) is 64.2 Å². The molecule has 0 radical (unpaired) electrons. The summed E-state index contributed by atoms with van der Waals surface area (Å²) in [6.45, 7) is 12.4. The van der Waals surface area contributed by atoms with Gasteiger partial charge in [0.15, 0.2) is 0 Å². The number of aliphatic hydroxyl groups is 1. The van der Waals surface area contributed by atoms with Crippen LogP contribution in [0.1, 0.15) is 105 Å². The number of rotatable bonds is 4. The fraction of sp³-hybridized carbons (Fsp3) is 0.923. The van der Waals surface area contributed by atoms with Gasteiger partial charge in [-0.25, -0.2) is 0 Å². The van der Waals surface area contributed by atoms with Gasteiger partial charge in [-0.2, -0.15) is 0 Å². The molecule has 0 aromatic rings. The zero-order chi connectivity index (χ0) is 20.1. The Balaban J connectivity index is 1.52. The van der Waals surface area contributed by atoms with Crippen LogP contribution in [-0.4, -0.2) is 17.4 Å². The summed E-state index contributed by atoms with van der Waals surface area (Å²) in [7, 11) is 0. The fourth-order valence-corrected chi connectivity index (χ4v) is 8.29. The lowest BCUT2D eigenvalue weighted by Gasteiger charge is -2.60. The number of piperidine rings is 1. The zero-order valence-corrected chi connectivity index (χ0v) is 19.2. The number of hydrogen-bond donors (Lipinski definition) is 2. The summed E-state index contributed by atoms with van der Waals surface area (Å²) >= 11 is 0. The predicted octanol–water partition coefficient (Wildman–Crippen LogP) is 6.44. The third-order valence-electron chi connectivity index (χ3n) is 9.85. The van der Waals surface area contributed by atoms with Crippen molar-refractivity contribution in [1.82, 2.24) is 5.32 Å². The van der Waals surface area contributed by atoms with Crippen molar-refractivity contribution in [3.63, 3.8) is 0 Å². The molecule has 1 heterocycles. The van der Waals surface area contributed by atoms with Gasteiger partial charge in [-0.3, -0.25) is 5.32 Å². The average molecular weight is 388 g/mol. The van der Waals surface area contributed by atoms with Gasteiger partial charge in [-0.1, -0.05) is 45.3 Å². The zero-order valence-electron chi connectivity index (χ0n) is 19.2. The van der Waals surface area contributed by atoms with E-state index in [0.29, 0.717) is 16.9 Å². The van der Waals surface area contributed by atoms with Crippen LogP contribution in [0, 0.1) is 34.5 Å². The van der Waals surface area contributed by atoms with Gasteiger partial charge in [-0.05, 0) is 106 Å². The minimum atomic E-state index is -0.266. The van der Waals surface area contributed by atoms with E-state index in [1.807, 2.05) is 5.57 Å².